The van der Waals surface area contributed by atoms with Crippen molar-refractivity contribution in [3.63, 3.8) is 0 Å². The predicted octanol–water partition coefficient (Wildman–Crippen LogP) is 2.69. The zero-order valence-corrected chi connectivity index (χ0v) is 13.4. The highest BCUT2D eigenvalue weighted by Gasteiger charge is 2.31. The van der Waals surface area contributed by atoms with Crippen LogP contribution in [0, 0.1) is 13.8 Å². The van der Waals surface area contributed by atoms with E-state index in [0.717, 1.165) is 36.8 Å². The van der Waals surface area contributed by atoms with Crippen molar-refractivity contribution in [3.05, 3.63) is 34.9 Å². The zero-order chi connectivity index (χ0) is 16.2. The maximum atomic E-state index is 12.2. The van der Waals surface area contributed by atoms with Crippen LogP contribution in [-0.2, 0) is 4.79 Å². The lowest BCUT2D eigenvalue weighted by Gasteiger charge is -2.22. The van der Waals surface area contributed by atoms with E-state index in [-0.39, 0.29) is 24.5 Å². The van der Waals surface area contributed by atoms with Crippen LogP contribution in [0.3, 0.4) is 0 Å². The van der Waals surface area contributed by atoms with Gasteiger partial charge < -0.3 is 10.4 Å². The number of nitrogens with one attached hydrogen (secondary N) is 1. The molecule has 1 aromatic carbocycles. The van der Waals surface area contributed by atoms with Gasteiger partial charge in [0.15, 0.2) is 5.78 Å². The largest absolute Gasteiger partial charge is 0.388 e. The molecular weight excluding hydrogens is 278 g/mol. The second-order valence-electron chi connectivity index (χ2n) is 6.45. The molecular formula is C18H25NO3. The van der Waals surface area contributed by atoms with Crippen molar-refractivity contribution >= 4 is 11.7 Å². The molecule has 0 unspecified atom stereocenters. The molecule has 1 aliphatic carbocycles. The average Bonchev–Trinajstić information content (AvgIpc) is 2.92. The van der Waals surface area contributed by atoms with E-state index in [1.807, 2.05) is 32.0 Å². The lowest BCUT2D eigenvalue weighted by Crippen LogP contribution is -2.40. The lowest BCUT2D eigenvalue weighted by molar-refractivity contribution is -0.122. The summed E-state index contributed by atoms with van der Waals surface area (Å²) < 4.78 is 0. The zero-order valence-electron chi connectivity index (χ0n) is 13.4. The molecule has 1 fully saturated rings. The summed E-state index contributed by atoms with van der Waals surface area (Å²) in [6, 6.07) is 5.77. The molecule has 0 saturated heterocycles. The first-order valence-corrected chi connectivity index (χ1v) is 7.99. The number of hydrogen-bond donors (Lipinski definition) is 2. The molecule has 0 bridgehead atoms. The molecule has 0 radical (unpaired) electrons. The van der Waals surface area contributed by atoms with E-state index in [9.17, 15) is 14.7 Å². The van der Waals surface area contributed by atoms with Crippen LogP contribution in [0.2, 0.25) is 0 Å². The third kappa shape index (κ3) is 4.41. The van der Waals surface area contributed by atoms with E-state index in [0.29, 0.717) is 12.1 Å². The van der Waals surface area contributed by atoms with Gasteiger partial charge in [-0.25, -0.2) is 0 Å². The molecule has 2 rings (SSSR count). The van der Waals surface area contributed by atoms with Crippen molar-refractivity contribution in [2.24, 2.45) is 0 Å². The second-order valence-corrected chi connectivity index (χ2v) is 6.45. The summed E-state index contributed by atoms with van der Waals surface area (Å²) in [5.74, 6) is -0.171. The van der Waals surface area contributed by atoms with E-state index < -0.39 is 5.60 Å². The number of amides is 1. The highest BCUT2D eigenvalue weighted by atomic mass is 16.3. The summed E-state index contributed by atoms with van der Waals surface area (Å²) in [4.78, 5) is 24.1. The average molecular weight is 303 g/mol. The van der Waals surface area contributed by atoms with E-state index in [4.69, 9.17) is 0 Å². The minimum Gasteiger partial charge on any atom is -0.388 e. The molecule has 0 atom stereocenters. The van der Waals surface area contributed by atoms with Crippen molar-refractivity contribution in [3.8, 4) is 0 Å². The van der Waals surface area contributed by atoms with Gasteiger partial charge in [0.2, 0.25) is 5.91 Å². The number of hydrogen-bond acceptors (Lipinski definition) is 3. The number of rotatable bonds is 6. The highest BCUT2D eigenvalue weighted by molar-refractivity contribution is 5.99. The molecule has 2 N–H and O–H groups in total. The van der Waals surface area contributed by atoms with Gasteiger partial charge in [0.05, 0.1) is 5.60 Å². The summed E-state index contributed by atoms with van der Waals surface area (Å²) >= 11 is 0. The van der Waals surface area contributed by atoms with Crippen LogP contribution in [0.25, 0.3) is 0 Å². The Morgan fingerprint density at radius 2 is 1.86 bits per heavy atom. The summed E-state index contributed by atoms with van der Waals surface area (Å²) in [5.41, 5.74) is 1.94. The van der Waals surface area contributed by atoms with Crippen molar-refractivity contribution < 1.29 is 14.7 Å². The Kier molecular flexibility index (Phi) is 5.35. The van der Waals surface area contributed by atoms with E-state index in [2.05, 4.69) is 5.32 Å². The van der Waals surface area contributed by atoms with Gasteiger partial charge in [-0.3, -0.25) is 9.59 Å². The molecule has 0 aromatic heterocycles. The molecule has 1 aliphatic rings. The minimum atomic E-state index is -0.743. The first-order chi connectivity index (χ1) is 10.4. The molecule has 1 aromatic rings. The number of Topliss-reactive ketones (excluding diaryl/α,β-unsaturated/α-hetero) is 1. The Morgan fingerprint density at radius 1 is 1.18 bits per heavy atom. The molecule has 0 aliphatic heterocycles. The van der Waals surface area contributed by atoms with Gasteiger partial charge >= 0.3 is 0 Å². The molecule has 4 heteroatoms. The summed E-state index contributed by atoms with van der Waals surface area (Å²) in [6.07, 6.45) is 3.88. The molecule has 1 saturated carbocycles. The molecule has 0 heterocycles. The van der Waals surface area contributed by atoms with E-state index >= 15 is 0 Å². The van der Waals surface area contributed by atoms with Crippen LogP contribution >= 0.6 is 0 Å². The van der Waals surface area contributed by atoms with Crippen LogP contribution in [0.5, 0.6) is 0 Å². The number of aryl methyl sites for hydroxylation is 2. The Labute approximate surface area is 131 Å². The fraction of sp³-hybridized carbons (Fsp3) is 0.556. The maximum Gasteiger partial charge on any atom is 0.220 e. The fourth-order valence-electron chi connectivity index (χ4n) is 2.96. The van der Waals surface area contributed by atoms with Gasteiger partial charge in [-0.2, -0.15) is 0 Å². The maximum absolute atomic E-state index is 12.2. The summed E-state index contributed by atoms with van der Waals surface area (Å²) in [5, 5.41) is 12.9. The fourth-order valence-corrected chi connectivity index (χ4v) is 2.96. The van der Waals surface area contributed by atoms with Gasteiger partial charge in [-0.1, -0.05) is 30.5 Å². The van der Waals surface area contributed by atoms with E-state index in [1.54, 1.807) is 0 Å². The minimum absolute atomic E-state index is 0.00377. The number of aliphatic hydroxyl groups is 1. The third-order valence-electron chi connectivity index (χ3n) is 4.42. The third-order valence-corrected chi connectivity index (χ3v) is 4.42. The van der Waals surface area contributed by atoms with Gasteiger partial charge in [0.25, 0.3) is 0 Å². The topological polar surface area (TPSA) is 66.4 Å². The van der Waals surface area contributed by atoms with Gasteiger partial charge in [0, 0.05) is 24.9 Å². The summed E-state index contributed by atoms with van der Waals surface area (Å²) in [6.45, 7) is 4.15. The first kappa shape index (κ1) is 16.7. The van der Waals surface area contributed by atoms with Crippen molar-refractivity contribution in [2.45, 2.75) is 58.0 Å². The molecule has 22 heavy (non-hydrogen) atoms. The quantitative estimate of drug-likeness (QED) is 0.794. The lowest BCUT2D eigenvalue weighted by atomic mass is 9.99. The van der Waals surface area contributed by atoms with Crippen LogP contribution in [0.15, 0.2) is 18.2 Å². The number of ketones is 1. The Balaban J connectivity index is 1.80. The van der Waals surface area contributed by atoms with Gasteiger partial charge in [-0.15, -0.1) is 0 Å². The monoisotopic (exact) mass is 303 g/mol. The molecule has 4 nitrogen and oxygen atoms in total. The van der Waals surface area contributed by atoms with Crippen molar-refractivity contribution in [2.75, 3.05) is 6.54 Å². The van der Waals surface area contributed by atoms with Crippen LogP contribution in [-0.4, -0.2) is 28.9 Å². The van der Waals surface area contributed by atoms with Crippen LogP contribution in [0.4, 0.5) is 0 Å². The normalized spacial score (nSPS) is 16.5. The predicted molar refractivity (Wildman–Crippen MR) is 85.9 cm³/mol. The van der Waals surface area contributed by atoms with E-state index in [1.165, 1.54) is 0 Å². The smallest absolute Gasteiger partial charge is 0.220 e. The first-order valence-electron chi connectivity index (χ1n) is 7.99. The molecule has 0 spiro atoms. The SMILES string of the molecule is Cc1ccc(C)c(C(=O)CCC(=O)NCC2(O)CCCC2)c1. The van der Waals surface area contributed by atoms with Gasteiger partial charge in [-0.05, 0) is 38.3 Å². The Hall–Kier alpha value is -1.68. The van der Waals surface area contributed by atoms with Crippen LogP contribution in [0.1, 0.15) is 60.0 Å². The van der Waals surface area contributed by atoms with Crippen LogP contribution < -0.4 is 5.32 Å². The number of benzene rings is 1. The standard InChI is InChI=1S/C18H25NO3/c1-13-5-6-14(2)15(11-13)16(20)7-8-17(21)19-12-18(22)9-3-4-10-18/h5-6,11,22H,3-4,7-10,12H2,1-2H3,(H,19,21). The number of carbonyl (C=O) groups is 2. The van der Waals surface area contributed by atoms with Crippen molar-refractivity contribution in [1.29, 1.82) is 0 Å². The highest BCUT2D eigenvalue weighted by Crippen LogP contribution is 2.28. The molecule has 120 valence electrons. The summed E-state index contributed by atoms with van der Waals surface area (Å²) in [7, 11) is 0. The van der Waals surface area contributed by atoms with Crippen molar-refractivity contribution in [1.82, 2.24) is 5.32 Å². The molecule has 1 amide bonds. The Morgan fingerprint density at radius 3 is 2.55 bits per heavy atom. The second kappa shape index (κ2) is 7.05. The number of carbonyl (C=O) groups excluding carboxylic acids is 2. The van der Waals surface area contributed by atoms with Gasteiger partial charge in [0.1, 0.15) is 0 Å². The Bertz CT molecular complexity index is 559.